The molecule has 2 aliphatic carbocycles. The first kappa shape index (κ1) is 23.7. The zero-order chi connectivity index (χ0) is 25.2. The second kappa shape index (κ2) is 8.43. The molecule has 1 amide bonds. The van der Waals surface area contributed by atoms with E-state index in [1.165, 1.54) is 12.0 Å². The third kappa shape index (κ3) is 3.04. The number of hydroxylamine groups is 2. The molecule has 8 heteroatoms. The van der Waals surface area contributed by atoms with Gasteiger partial charge in [0.15, 0.2) is 17.2 Å². The fraction of sp³-hybridized carbons (Fsp3) is 0.464. The Bertz CT molecular complexity index is 1240. The minimum atomic E-state index is -1.05. The topological polar surface area (TPSA) is 82.5 Å². The van der Waals surface area contributed by atoms with Gasteiger partial charge in [-0.3, -0.25) is 9.69 Å². The van der Waals surface area contributed by atoms with Crippen LogP contribution in [-0.4, -0.2) is 69.2 Å². The average molecular weight is 509 g/mol. The van der Waals surface area contributed by atoms with Crippen LogP contribution in [0, 0.1) is 0 Å². The molecule has 0 unspecified atom stereocenters. The second-order valence-corrected chi connectivity index (χ2v) is 11.2. The van der Waals surface area contributed by atoms with Gasteiger partial charge < -0.3 is 19.8 Å². The summed E-state index contributed by atoms with van der Waals surface area (Å²) in [5.74, 6) is 0.915. The van der Waals surface area contributed by atoms with Crippen LogP contribution in [0.5, 0.6) is 17.2 Å². The van der Waals surface area contributed by atoms with Crippen LogP contribution in [0.1, 0.15) is 37.3 Å². The van der Waals surface area contributed by atoms with Crippen LogP contribution in [0.2, 0.25) is 0 Å². The van der Waals surface area contributed by atoms with Crippen molar-refractivity contribution in [3.05, 3.63) is 60.2 Å². The van der Waals surface area contributed by atoms with E-state index < -0.39 is 23.2 Å². The van der Waals surface area contributed by atoms with Crippen molar-refractivity contribution in [2.75, 3.05) is 19.3 Å². The lowest BCUT2D eigenvalue weighted by atomic mass is 9.48. The Morgan fingerprint density at radius 2 is 2.14 bits per heavy atom. The molecule has 0 radical (unpaired) electrons. The molecule has 4 aliphatic rings. The summed E-state index contributed by atoms with van der Waals surface area (Å²) in [7, 11) is 0. The van der Waals surface area contributed by atoms with E-state index in [0.717, 1.165) is 22.6 Å². The van der Waals surface area contributed by atoms with E-state index >= 15 is 0 Å². The smallest absolute Gasteiger partial charge is 0.252 e. The standard InChI is InChI=1S/C28H32N2O5S/c1-4-14-29-15-13-27-24-18-9-10-20(32)25(24)34-26(27)19(11-12-28(27,33)23(29)16-18)30(17(2)31)35-21-7-5-6-8-22(21)36-3/h4-10,19,23,26,32-33H,1,11-16H2,2-3H3/t19-,23-,26+,27+,28-/m1/s1. The van der Waals surface area contributed by atoms with Gasteiger partial charge in [0.25, 0.3) is 5.91 Å². The molecule has 2 fully saturated rings. The first-order valence-corrected chi connectivity index (χ1v) is 13.8. The zero-order valence-corrected chi connectivity index (χ0v) is 21.5. The lowest BCUT2D eigenvalue weighted by molar-refractivity contribution is -0.224. The highest BCUT2D eigenvalue weighted by atomic mass is 32.2. The number of para-hydroxylation sites is 1. The van der Waals surface area contributed by atoms with Gasteiger partial charge in [0.1, 0.15) is 12.1 Å². The maximum absolute atomic E-state index is 13.0. The number of thioether (sulfide) groups is 1. The van der Waals surface area contributed by atoms with Crippen LogP contribution < -0.4 is 9.57 Å². The third-order valence-electron chi connectivity index (χ3n) is 8.78. The lowest BCUT2D eigenvalue weighted by Crippen LogP contribution is -2.78. The van der Waals surface area contributed by atoms with Crippen LogP contribution >= 0.6 is 11.8 Å². The van der Waals surface area contributed by atoms with Gasteiger partial charge in [-0.15, -0.1) is 18.3 Å². The fourth-order valence-electron chi connectivity index (χ4n) is 7.39. The number of piperidine rings is 1. The summed E-state index contributed by atoms with van der Waals surface area (Å²) in [4.78, 5) is 22.6. The zero-order valence-electron chi connectivity index (χ0n) is 20.6. The highest BCUT2D eigenvalue weighted by molar-refractivity contribution is 7.98. The summed E-state index contributed by atoms with van der Waals surface area (Å²) in [5.41, 5.74) is 0.219. The van der Waals surface area contributed by atoms with Crippen molar-refractivity contribution >= 4 is 17.7 Å². The Balaban J connectivity index is 1.47. The molecule has 0 aromatic heterocycles. The van der Waals surface area contributed by atoms with Gasteiger partial charge in [0.05, 0.1) is 15.9 Å². The van der Waals surface area contributed by atoms with E-state index in [1.54, 1.807) is 17.8 Å². The molecule has 1 spiro atoms. The number of hydrogen-bond donors (Lipinski definition) is 2. The number of amides is 1. The van der Waals surface area contributed by atoms with E-state index in [2.05, 4.69) is 11.5 Å². The Labute approximate surface area is 215 Å². The molecule has 2 aromatic rings. The first-order valence-electron chi connectivity index (χ1n) is 12.6. The van der Waals surface area contributed by atoms with E-state index in [0.29, 0.717) is 43.7 Å². The number of rotatable bonds is 6. The molecular formula is C28H32N2O5S. The number of benzene rings is 2. The van der Waals surface area contributed by atoms with Crippen molar-refractivity contribution in [1.29, 1.82) is 0 Å². The summed E-state index contributed by atoms with van der Waals surface area (Å²) in [6.45, 7) is 6.91. The van der Waals surface area contributed by atoms with E-state index in [-0.39, 0.29) is 17.7 Å². The molecule has 1 saturated heterocycles. The van der Waals surface area contributed by atoms with Crippen molar-refractivity contribution in [3.8, 4) is 17.2 Å². The maximum atomic E-state index is 13.0. The largest absolute Gasteiger partial charge is 0.504 e. The highest BCUT2D eigenvalue weighted by Gasteiger charge is 2.73. The monoisotopic (exact) mass is 508 g/mol. The number of carbonyl (C=O) groups excluding carboxylic acids is 1. The van der Waals surface area contributed by atoms with Gasteiger partial charge in [-0.05, 0) is 62.2 Å². The number of aliphatic hydroxyl groups is 1. The number of phenolic OH excluding ortho intramolecular Hbond substituents is 1. The maximum Gasteiger partial charge on any atom is 0.252 e. The van der Waals surface area contributed by atoms with Gasteiger partial charge in [-0.2, -0.15) is 5.06 Å². The van der Waals surface area contributed by atoms with Crippen molar-refractivity contribution in [2.45, 2.75) is 66.7 Å². The SMILES string of the molecule is C=CCN1CC[C@]23c4c5ccc(O)c4O[C@H]2[C@H](N(Oc2ccccc2SC)C(C)=O)CC[C@@]3(O)[C@H]1C5. The average Bonchev–Trinajstić information content (AvgIpc) is 3.22. The molecule has 2 heterocycles. The number of ether oxygens (including phenoxy) is 1. The molecule has 7 nitrogen and oxygen atoms in total. The first-order chi connectivity index (χ1) is 17.4. The number of aromatic hydroxyl groups is 1. The summed E-state index contributed by atoms with van der Waals surface area (Å²) in [6.07, 6.45) is 5.68. The fourth-order valence-corrected chi connectivity index (χ4v) is 7.92. The normalized spacial score (nSPS) is 31.8. The van der Waals surface area contributed by atoms with Crippen molar-refractivity contribution < 1.29 is 24.6 Å². The lowest BCUT2D eigenvalue weighted by Gasteiger charge is -2.64. The number of hydrogen-bond acceptors (Lipinski definition) is 7. The molecule has 36 heavy (non-hydrogen) atoms. The number of carbonyl (C=O) groups is 1. The van der Waals surface area contributed by atoms with E-state index in [4.69, 9.17) is 9.57 Å². The van der Waals surface area contributed by atoms with Crippen molar-refractivity contribution in [2.24, 2.45) is 0 Å². The Morgan fingerprint density at radius 1 is 1.33 bits per heavy atom. The minimum absolute atomic E-state index is 0.0774. The van der Waals surface area contributed by atoms with Gasteiger partial charge in [0.2, 0.25) is 0 Å². The summed E-state index contributed by atoms with van der Waals surface area (Å²) in [5, 5.41) is 24.8. The quantitative estimate of drug-likeness (QED) is 0.350. The molecule has 5 atom stereocenters. The second-order valence-electron chi connectivity index (χ2n) is 10.3. The molecule has 2 aromatic carbocycles. The van der Waals surface area contributed by atoms with Crippen LogP contribution in [0.3, 0.4) is 0 Å². The van der Waals surface area contributed by atoms with Crippen LogP contribution in [0.4, 0.5) is 0 Å². The van der Waals surface area contributed by atoms with E-state index in [1.807, 2.05) is 42.7 Å². The van der Waals surface area contributed by atoms with Gasteiger partial charge in [0, 0.05) is 25.1 Å². The highest BCUT2D eigenvalue weighted by Crippen LogP contribution is 2.65. The van der Waals surface area contributed by atoms with Crippen LogP contribution in [-0.2, 0) is 16.6 Å². The van der Waals surface area contributed by atoms with E-state index in [9.17, 15) is 15.0 Å². The third-order valence-corrected chi connectivity index (χ3v) is 9.56. The summed E-state index contributed by atoms with van der Waals surface area (Å²) >= 11 is 1.55. The molecule has 2 bridgehead atoms. The number of likely N-dealkylation sites (tertiary alicyclic amines) is 1. The van der Waals surface area contributed by atoms with Crippen LogP contribution in [0.15, 0.2) is 53.9 Å². The molecule has 1 saturated carbocycles. The molecular weight excluding hydrogens is 476 g/mol. The predicted octanol–water partition coefficient (Wildman–Crippen LogP) is 3.67. The molecule has 2 N–H and O–H groups in total. The van der Waals surface area contributed by atoms with Crippen molar-refractivity contribution in [3.63, 3.8) is 0 Å². The van der Waals surface area contributed by atoms with Crippen LogP contribution in [0.25, 0.3) is 0 Å². The van der Waals surface area contributed by atoms with Crippen molar-refractivity contribution in [1.82, 2.24) is 9.96 Å². The van der Waals surface area contributed by atoms with Gasteiger partial charge in [-0.25, -0.2) is 0 Å². The van der Waals surface area contributed by atoms with Gasteiger partial charge >= 0.3 is 0 Å². The summed E-state index contributed by atoms with van der Waals surface area (Å²) in [6, 6.07) is 10.8. The Morgan fingerprint density at radius 3 is 2.89 bits per heavy atom. The summed E-state index contributed by atoms with van der Waals surface area (Å²) < 4.78 is 6.58. The van der Waals surface area contributed by atoms with Gasteiger partial charge in [-0.1, -0.05) is 24.3 Å². The number of phenols is 1. The number of nitrogens with zero attached hydrogens (tertiary/aromatic N) is 2. The minimum Gasteiger partial charge on any atom is -0.504 e. The Kier molecular flexibility index (Phi) is 5.55. The molecule has 190 valence electrons. The molecule has 2 aliphatic heterocycles. The Hall–Kier alpha value is -2.68. The predicted molar refractivity (Wildman–Crippen MR) is 137 cm³/mol. The molecule has 6 rings (SSSR count).